The third-order valence-corrected chi connectivity index (χ3v) is 5.90. The Hall–Kier alpha value is -2.88. The monoisotopic (exact) mass is 525 g/mol. The quantitative estimate of drug-likeness (QED) is 0.337. The lowest BCUT2D eigenvalue weighted by molar-refractivity contribution is -0.0515. The average Bonchev–Trinajstić information content (AvgIpc) is 3.52. The van der Waals surface area contributed by atoms with Gasteiger partial charge in [0.2, 0.25) is 5.89 Å². The van der Waals surface area contributed by atoms with Crippen LogP contribution in [0.1, 0.15) is 47.6 Å². The van der Waals surface area contributed by atoms with Gasteiger partial charge in [0.1, 0.15) is 0 Å². The van der Waals surface area contributed by atoms with Crippen LogP contribution in [-0.4, -0.2) is 24.1 Å². The van der Waals surface area contributed by atoms with Crippen molar-refractivity contribution in [3.05, 3.63) is 63.5 Å². The molecule has 1 aliphatic rings. The van der Waals surface area contributed by atoms with Crippen molar-refractivity contribution in [2.75, 3.05) is 6.61 Å². The van der Waals surface area contributed by atoms with Crippen molar-refractivity contribution in [1.29, 1.82) is 0 Å². The van der Waals surface area contributed by atoms with E-state index in [0.29, 0.717) is 33.7 Å². The molecule has 1 aromatic heterocycles. The lowest BCUT2D eigenvalue weighted by Crippen LogP contribution is -2.25. The number of benzene rings is 2. The first-order chi connectivity index (χ1) is 16.7. The van der Waals surface area contributed by atoms with Gasteiger partial charge in [0.05, 0.1) is 12.6 Å². The predicted molar refractivity (Wildman–Crippen MR) is 127 cm³/mol. The van der Waals surface area contributed by atoms with E-state index in [1.807, 2.05) is 0 Å². The van der Waals surface area contributed by atoms with E-state index in [2.05, 4.69) is 15.0 Å². The topological polar surface area (TPSA) is 99.6 Å². The van der Waals surface area contributed by atoms with Crippen molar-refractivity contribution >= 4 is 29.1 Å². The Kier molecular flexibility index (Phi) is 7.78. The first-order valence-corrected chi connectivity index (χ1v) is 11.7. The molecule has 0 bridgehead atoms. The molecule has 1 saturated carbocycles. The number of carbonyl (C=O) groups excluding carboxylic acids is 1. The fourth-order valence-electron chi connectivity index (χ4n) is 3.29. The second kappa shape index (κ2) is 10.8. The Morgan fingerprint density at radius 1 is 1.23 bits per heavy atom. The number of aromatic nitrogens is 1. The van der Waals surface area contributed by atoms with Crippen molar-refractivity contribution in [2.45, 2.75) is 39.0 Å². The number of oxazole rings is 1. The second-order valence-electron chi connectivity index (χ2n) is 8.23. The number of nitrogens with one attached hydrogen (secondary N) is 1. The van der Waals surface area contributed by atoms with Crippen LogP contribution in [0.5, 0.6) is 11.5 Å². The molecule has 1 fully saturated rings. The van der Waals surface area contributed by atoms with Crippen LogP contribution in [0.4, 0.5) is 8.78 Å². The Morgan fingerprint density at radius 3 is 2.66 bits per heavy atom. The molecule has 3 aromatic rings. The molecule has 0 saturated heterocycles. The first-order valence-electron chi connectivity index (χ1n) is 10.9. The standard InChI is InChI=1S/C24H23Cl2F2N3O4/c1-12(29)21-20(22(32)30-10-15-4-6-16(25)9-17(15)26)31-23(35-21)14-5-7-18(34-24(27)28)19(8-14)33-11-13-2-3-13/h4-9,12-13,24H,2-3,10-11,29H2,1H3,(H,30,32). The zero-order valence-corrected chi connectivity index (χ0v) is 20.2. The Bertz CT molecular complexity index is 1220. The number of amides is 1. The van der Waals surface area contributed by atoms with Gasteiger partial charge >= 0.3 is 6.61 Å². The van der Waals surface area contributed by atoms with Gasteiger partial charge < -0.3 is 24.9 Å². The molecule has 2 aromatic carbocycles. The van der Waals surface area contributed by atoms with Crippen molar-refractivity contribution in [1.82, 2.24) is 10.3 Å². The van der Waals surface area contributed by atoms with Crippen molar-refractivity contribution in [3.8, 4) is 23.0 Å². The molecule has 1 heterocycles. The number of nitrogens with zero attached hydrogens (tertiary/aromatic N) is 1. The number of hydrogen-bond acceptors (Lipinski definition) is 6. The molecule has 3 N–H and O–H groups in total. The Labute approximate surface area is 210 Å². The largest absolute Gasteiger partial charge is 0.489 e. The van der Waals surface area contributed by atoms with Crippen molar-refractivity contribution < 1.29 is 27.5 Å². The Balaban J connectivity index is 1.58. The number of carbonyl (C=O) groups is 1. The number of nitrogens with two attached hydrogens (primary N) is 1. The van der Waals surface area contributed by atoms with Crippen LogP contribution in [0.2, 0.25) is 10.0 Å². The van der Waals surface area contributed by atoms with Gasteiger partial charge in [-0.05, 0) is 61.6 Å². The molecule has 1 atom stereocenters. The highest BCUT2D eigenvalue weighted by atomic mass is 35.5. The number of rotatable bonds is 10. The molecule has 1 aliphatic carbocycles. The Morgan fingerprint density at radius 2 is 2.00 bits per heavy atom. The molecular formula is C24H23Cl2F2N3O4. The summed E-state index contributed by atoms with van der Waals surface area (Å²) in [5.74, 6) is 0.190. The van der Waals surface area contributed by atoms with Gasteiger partial charge in [0.25, 0.3) is 5.91 Å². The van der Waals surface area contributed by atoms with Crippen LogP contribution in [0.25, 0.3) is 11.5 Å². The lowest BCUT2D eigenvalue weighted by atomic mass is 10.2. The minimum Gasteiger partial charge on any atom is -0.489 e. The highest BCUT2D eigenvalue weighted by molar-refractivity contribution is 6.35. The summed E-state index contributed by atoms with van der Waals surface area (Å²) in [5, 5.41) is 3.64. The highest BCUT2D eigenvalue weighted by Crippen LogP contribution is 2.37. The number of halogens is 4. The van der Waals surface area contributed by atoms with Crippen LogP contribution in [0.3, 0.4) is 0 Å². The molecule has 4 rings (SSSR count). The number of hydrogen-bond donors (Lipinski definition) is 2. The zero-order chi connectivity index (χ0) is 25.1. The van der Waals surface area contributed by atoms with Crippen LogP contribution >= 0.6 is 23.2 Å². The molecular weight excluding hydrogens is 503 g/mol. The molecule has 7 nitrogen and oxygen atoms in total. The average molecular weight is 526 g/mol. The van der Waals surface area contributed by atoms with Gasteiger partial charge in [-0.3, -0.25) is 4.79 Å². The van der Waals surface area contributed by atoms with E-state index in [9.17, 15) is 13.6 Å². The van der Waals surface area contributed by atoms with Crippen LogP contribution in [0.15, 0.2) is 40.8 Å². The third-order valence-electron chi connectivity index (χ3n) is 5.31. The van der Waals surface area contributed by atoms with Gasteiger partial charge in [-0.1, -0.05) is 29.3 Å². The summed E-state index contributed by atoms with van der Waals surface area (Å²) >= 11 is 12.1. The summed E-state index contributed by atoms with van der Waals surface area (Å²) < 4.78 is 41.7. The van der Waals surface area contributed by atoms with Crippen molar-refractivity contribution in [2.24, 2.45) is 11.7 Å². The maximum atomic E-state index is 12.9. The van der Waals surface area contributed by atoms with Crippen LogP contribution < -0.4 is 20.5 Å². The summed E-state index contributed by atoms with van der Waals surface area (Å²) in [7, 11) is 0. The van der Waals surface area contributed by atoms with Crippen molar-refractivity contribution in [3.63, 3.8) is 0 Å². The minimum absolute atomic E-state index is 0.00782. The van der Waals surface area contributed by atoms with Gasteiger partial charge in [-0.15, -0.1) is 0 Å². The SMILES string of the molecule is CC(N)c1oc(-c2ccc(OC(F)F)c(OCC3CC3)c2)nc1C(=O)NCc1ccc(Cl)cc1Cl. The van der Waals surface area contributed by atoms with E-state index in [0.717, 1.165) is 12.8 Å². The van der Waals surface area contributed by atoms with E-state index < -0.39 is 18.6 Å². The van der Waals surface area contributed by atoms with E-state index in [-0.39, 0.29) is 35.4 Å². The normalized spacial score (nSPS) is 14.1. The number of ether oxygens (including phenoxy) is 2. The maximum absolute atomic E-state index is 12.9. The minimum atomic E-state index is -3.00. The summed E-state index contributed by atoms with van der Waals surface area (Å²) in [6.45, 7) is -0.824. The molecule has 186 valence electrons. The molecule has 1 amide bonds. The molecule has 35 heavy (non-hydrogen) atoms. The van der Waals surface area contributed by atoms with Crippen LogP contribution in [0, 0.1) is 5.92 Å². The fraction of sp³-hybridized carbons (Fsp3) is 0.333. The molecule has 11 heteroatoms. The number of alkyl halides is 2. The smallest absolute Gasteiger partial charge is 0.387 e. The maximum Gasteiger partial charge on any atom is 0.387 e. The van der Waals surface area contributed by atoms with Crippen LogP contribution in [-0.2, 0) is 6.54 Å². The van der Waals surface area contributed by atoms with Gasteiger partial charge in [0.15, 0.2) is 23.0 Å². The first kappa shape index (κ1) is 25.2. The van der Waals surface area contributed by atoms with E-state index in [4.69, 9.17) is 38.1 Å². The zero-order valence-electron chi connectivity index (χ0n) is 18.7. The molecule has 0 aliphatic heterocycles. The molecule has 0 spiro atoms. The molecule has 1 unspecified atom stereocenters. The summed E-state index contributed by atoms with van der Waals surface area (Å²) in [5.41, 5.74) is 7.10. The van der Waals surface area contributed by atoms with E-state index in [1.54, 1.807) is 25.1 Å². The van der Waals surface area contributed by atoms with Gasteiger partial charge in [0, 0.05) is 22.2 Å². The second-order valence-corrected chi connectivity index (χ2v) is 9.08. The van der Waals surface area contributed by atoms with E-state index in [1.165, 1.54) is 18.2 Å². The van der Waals surface area contributed by atoms with Gasteiger partial charge in [-0.25, -0.2) is 4.98 Å². The predicted octanol–water partition coefficient (Wildman–Crippen LogP) is 5.99. The summed E-state index contributed by atoms with van der Waals surface area (Å²) in [6, 6.07) is 8.65. The van der Waals surface area contributed by atoms with E-state index >= 15 is 0 Å². The lowest BCUT2D eigenvalue weighted by Gasteiger charge is -2.12. The third kappa shape index (κ3) is 6.42. The fourth-order valence-corrected chi connectivity index (χ4v) is 3.77. The van der Waals surface area contributed by atoms with Gasteiger partial charge in [-0.2, -0.15) is 8.78 Å². The summed E-state index contributed by atoms with van der Waals surface area (Å²) in [6.07, 6.45) is 2.06. The molecule has 0 radical (unpaired) electrons. The highest BCUT2D eigenvalue weighted by Gasteiger charge is 2.26. The summed E-state index contributed by atoms with van der Waals surface area (Å²) in [4.78, 5) is 17.2.